The second kappa shape index (κ2) is 7.54. The van der Waals surface area contributed by atoms with E-state index in [4.69, 9.17) is 0 Å². The van der Waals surface area contributed by atoms with Crippen LogP contribution in [0.2, 0.25) is 0 Å². The van der Waals surface area contributed by atoms with Crippen LogP contribution in [0.1, 0.15) is 20.8 Å². The molecule has 0 aliphatic carbocycles. The van der Waals surface area contributed by atoms with Crippen LogP contribution in [0.5, 0.6) is 0 Å². The third kappa shape index (κ3) is 4.59. The van der Waals surface area contributed by atoms with Crippen LogP contribution >= 0.6 is 0 Å². The molecule has 0 N–H and O–H groups in total. The molecule has 0 aromatic heterocycles. The van der Waals surface area contributed by atoms with Gasteiger partial charge in [0.15, 0.2) is 6.29 Å². The minimum Gasteiger partial charge on any atom is -0.234 e. The highest BCUT2D eigenvalue weighted by molar-refractivity contribution is 7.88. The summed E-state index contributed by atoms with van der Waals surface area (Å²) in [5.41, 5.74) is 0. The normalized spacial score (nSPS) is 20.4. The van der Waals surface area contributed by atoms with E-state index in [0.717, 1.165) is 0 Å². The van der Waals surface area contributed by atoms with E-state index in [1.165, 1.54) is 0 Å². The number of halogens is 12. The molecule has 182 valence electrons. The van der Waals surface area contributed by atoms with Crippen molar-refractivity contribution < 1.29 is 77.9 Å². The second-order valence-electron chi connectivity index (χ2n) is 5.65. The van der Waals surface area contributed by atoms with Gasteiger partial charge in [-0.05, 0) is 20.8 Å². The average molecular weight is 518 g/mol. The summed E-state index contributed by atoms with van der Waals surface area (Å²) in [5.74, 6) is -13.4. The Bertz CT molecular complexity index is 770. The van der Waals surface area contributed by atoms with E-state index in [2.05, 4.69) is 8.37 Å². The Morgan fingerprint density at radius 2 is 0.767 bits per heavy atom. The maximum atomic E-state index is 13.8. The molecule has 0 heterocycles. The van der Waals surface area contributed by atoms with Crippen molar-refractivity contribution in [2.45, 2.75) is 61.3 Å². The molecule has 0 bridgehead atoms. The number of hydrogen-bond acceptors (Lipinski definition) is 6. The Hall–Kier alpha value is -1.02. The third-order valence-electron chi connectivity index (χ3n) is 3.30. The van der Waals surface area contributed by atoms with Crippen LogP contribution in [-0.2, 0) is 28.6 Å². The topological polar surface area (TPSA) is 86.7 Å². The van der Waals surface area contributed by atoms with Crippen LogP contribution in [0.4, 0.5) is 52.7 Å². The van der Waals surface area contributed by atoms with Crippen molar-refractivity contribution in [2.75, 3.05) is 0 Å². The van der Waals surface area contributed by atoms with Gasteiger partial charge in [-0.3, -0.25) is 0 Å². The Morgan fingerprint density at radius 1 is 0.567 bits per heavy atom. The van der Waals surface area contributed by atoms with Gasteiger partial charge in [0.25, 0.3) is 0 Å². The smallest absolute Gasteiger partial charge is 0.234 e. The van der Waals surface area contributed by atoms with Gasteiger partial charge in [-0.1, -0.05) is 0 Å². The van der Waals surface area contributed by atoms with Crippen molar-refractivity contribution in [1.29, 1.82) is 0 Å². The highest BCUT2D eigenvalue weighted by Crippen LogP contribution is 2.50. The SMILES string of the molecule is CC(OS(=O)(=O)C(C)(F)C(F)(F)C(F)(F)F)OS(=O)(=O)C(C)(F)C(F)(F)C(F)(F)F. The molecule has 0 aromatic rings. The molecule has 0 aliphatic heterocycles. The van der Waals surface area contributed by atoms with Gasteiger partial charge in [-0.15, -0.1) is 0 Å². The molecule has 0 saturated carbocycles. The molecule has 0 fully saturated rings. The summed E-state index contributed by atoms with van der Waals surface area (Å²) in [6.45, 7) is -1.85. The minimum atomic E-state index is -6.84. The van der Waals surface area contributed by atoms with Crippen molar-refractivity contribution in [2.24, 2.45) is 0 Å². The minimum absolute atomic E-state index is 0.0846. The Morgan fingerprint density at radius 3 is 0.933 bits per heavy atom. The molecule has 20 heteroatoms. The zero-order valence-corrected chi connectivity index (χ0v) is 16.0. The van der Waals surface area contributed by atoms with Crippen molar-refractivity contribution in [3.05, 3.63) is 0 Å². The lowest BCUT2D eigenvalue weighted by Gasteiger charge is -2.32. The lowest BCUT2D eigenvalue weighted by molar-refractivity contribution is -0.310. The van der Waals surface area contributed by atoms with Crippen LogP contribution < -0.4 is 0 Å². The highest BCUT2D eigenvalue weighted by atomic mass is 32.2. The Balaban J connectivity index is 5.93. The molecule has 6 nitrogen and oxygen atoms in total. The molecule has 2 atom stereocenters. The molecule has 0 aliphatic rings. The molecule has 0 aromatic carbocycles. The third-order valence-corrected chi connectivity index (χ3v) is 6.74. The summed E-state index contributed by atoms with van der Waals surface area (Å²) in [5, 5.41) is -11.3. The average Bonchev–Trinajstić information content (AvgIpc) is 2.42. The van der Waals surface area contributed by atoms with E-state index < -0.39 is 74.6 Å². The maximum absolute atomic E-state index is 13.8. The molecule has 0 spiro atoms. The summed E-state index contributed by atoms with van der Waals surface area (Å²) in [7, 11) is -13.7. The van der Waals surface area contributed by atoms with Crippen LogP contribution in [0.3, 0.4) is 0 Å². The van der Waals surface area contributed by atoms with Gasteiger partial charge in [-0.25, -0.2) is 17.1 Å². The van der Waals surface area contributed by atoms with Crippen molar-refractivity contribution >= 4 is 20.2 Å². The van der Waals surface area contributed by atoms with Crippen LogP contribution in [0.25, 0.3) is 0 Å². The molecule has 0 radical (unpaired) electrons. The van der Waals surface area contributed by atoms with Gasteiger partial charge in [-0.2, -0.15) is 60.7 Å². The van der Waals surface area contributed by atoms with Gasteiger partial charge in [0, 0.05) is 0 Å². The van der Waals surface area contributed by atoms with Crippen LogP contribution in [-0.4, -0.2) is 57.3 Å². The van der Waals surface area contributed by atoms with Crippen molar-refractivity contribution in [1.82, 2.24) is 0 Å². The van der Waals surface area contributed by atoms with Gasteiger partial charge in [0.1, 0.15) is 0 Å². The number of rotatable bonds is 8. The first-order chi connectivity index (χ1) is 12.6. The molecule has 0 rings (SSSR count). The Labute approximate surface area is 160 Å². The molecule has 30 heavy (non-hydrogen) atoms. The van der Waals surface area contributed by atoms with Crippen LogP contribution in [0.15, 0.2) is 0 Å². The first kappa shape index (κ1) is 29.0. The summed E-state index contributed by atoms with van der Waals surface area (Å²) >= 11 is 0. The maximum Gasteiger partial charge on any atom is 0.458 e. The Kier molecular flexibility index (Phi) is 7.28. The fraction of sp³-hybridized carbons (Fsp3) is 1.00. The van der Waals surface area contributed by atoms with Crippen LogP contribution in [0, 0.1) is 0 Å². The summed E-state index contributed by atoms with van der Waals surface area (Å²) in [6.07, 6.45) is -17.0. The second-order valence-corrected chi connectivity index (χ2v) is 9.38. The number of alkyl halides is 12. The standard InChI is InChI=1S/C10H10F12O6S2/c1-4(27-29(23,24)5(2,11)7(13,14)9(17,18)19)28-30(25,26)6(3,12)8(15,16)10(20,21)22/h4H,1-3H3. The van der Waals surface area contributed by atoms with Crippen molar-refractivity contribution in [3.8, 4) is 0 Å². The van der Waals surface area contributed by atoms with Gasteiger partial charge >= 0.3 is 54.4 Å². The zero-order chi connectivity index (χ0) is 25.0. The van der Waals surface area contributed by atoms with Crippen molar-refractivity contribution in [3.63, 3.8) is 0 Å². The fourth-order valence-electron chi connectivity index (χ4n) is 1.37. The molecule has 2 unspecified atom stereocenters. The first-order valence-electron chi connectivity index (χ1n) is 6.72. The predicted molar refractivity (Wildman–Crippen MR) is 70.5 cm³/mol. The monoisotopic (exact) mass is 518 g/mol. The van der Waals surface area contributed by atoms with Gasteiger partial charge in [0.2, 0.25) is 0 Å². The van der Waals surface area contributed by atoms with E-state index in [-0.39, 0.29) is 6.92 Å². The predicted octanol–water partition coefficient (Wildman–Crippen LogP) is 3.79. The van der Waals surface area contributed by atoms with Gasteiger partial charge < -0.3 is 0 Å². The van der Waals surface area contributed by atoms with E-state index >= 15 is 0 Å². The highest BCUT2D eigenvalue weighted by Gasteiger charge is 2.77. The quantitative estimate of drug-likeness (QED) is 0.276. The molecular formula is C10H10F12O6S2. The van der Waals surface area contributed by atoms with E-state index in [1.54, 1.807) is 0 Å². The first-order valence-corrected chi connectivity index (χ1v) is 9.54. The van der Waals surface area contributed by atoms with E-state index in [1.807, 2.05) is 0 Å². The van der Waals surface area contributed by atoms with E-state index in [9.17, 15) is 69.5 Å². The lowest BCUT2D eigenvalue weighted by atomic mass is 10.2. The van der Waals surface area contributed by atoms with E-state index in [0.29, 0.717) is 0 Å². The molecule has 0 amide bonds. The fourth-order valence-corrected chi connectivity index (χ4v) is 3.44. The largest absolute Gasteiger partial charge is 0.458 e. The molecular weight excluding hydrogens is 508 g/mol. The summed E-state index contributed by atoms with van der Waals surface area (Å²) < 4.78 is 205. The summed E-state index contributed by atoms with van der Waals surface area (Å²) in [6, 6.07) is 0. The lowest BCUT2D eigenvalue weighted by Crippen LogP contribution is -2.58. The number of hydrogen-bond donors (Lipinski definition) is 0. The van der Waals surface area contributed by atoms with Gasteiger partial charge in [0.05, 0.1) is 0 Å². The molecule has 0 saturated heterocycles. The summed E-state index contributed by atoms with van der Waals surface area (Å²) in [4.78, 5) is 0. The zero-order valence-electron chi connectivity index (χ0n) is 14.4.